The van der Waals surface area contributed by atoms with Crippen LogP contribution >= 0.6 is 0 Å². The molecule has 27 heavy (non-hydrogen) atoms. The molecule has 1 fully saturated rings. The van der Waals surface area contributed by atoms with Gasteiger partial charge < -0.3 is 4.90 Å². The second kappa shape index (κ2) is 8.47. The third kappa shape index (κ3) is 5.03. The minimum absolute atomic E-state index is 0.0352. The zero-order valence-electron chi connectivity index (χ0n) is 15.7. The number of aromatic nitrogens is 3. The Morgan fingerprint density at radius 3 is 2.67 bits per heavy atom. The Morgan fingerprint density at radius 1 is 1.30 bits per heavy atom. The van der Waals surface area contributed by atoms with Crippen molar-refractivity contribution < 1.29 is 9.18 Å². The lowest BCUT2D eigenvalue weighted by molar-refractivity contribution is -0.131. The van der Waals surface area contributed by atoms with Gasteiger partial charge in [-0.25, -0.2) is 14.3 Å². The fourth-order valence-corrected chi connectivity index (χ4v) is 3.59. The van der Waals surface area contributed by atoms with Crippen molar-refractivity contribution in [3.05, 3.63) is 52.0 Å². The van der Waals surface area contributed by atoms with Crippen molar-refractivity contribution >= 4 is 5.91 Å². The van der Waals surface area contributed by atoms with Crippen LogP contribution in [0.25, 0.3) is 0 Å². The highest BCUT2D eigenvalue weighted by Crippen LogP contribution is 2.20. The lowest BCUT2D eigenvalue weighted by Crippen LogP contribution is -2.46. The molecule has 1 aliphatic rings. The molecule has 1 aromatic carbocycles. The van der Waals surface area contributed by atoms with E-state index >= 15 is 0 Å². The second-order valence-corrected chi connectivity index (χ2v) is 7.40. The van der Waals surface area contributed by atoms with Gasteiger partial charge in [-0.2, -0.15) is 5.10 Å². The molecule has 1 aliphatic heterocycles. The van der Waals surface area contributed by atoms with Crippen molar-refractivity contribution in [3.8, 4) is 0 Å². The molecule has 3 rings (SSSR count). The molecule has 0 saturated carbocycles. The molecular formula is C19H26FN5O2. The SMILES string of the molecule is CC(C)C1CN(C(=O)Cc2n[nH]c(=O)[nH]2)CCCN1Cc1ccc(F)cc1. The fraction of sp³-hybridized carbons (Fsp3) is 0.526. The predicted molar refractivity (Wildman–Crippen MR) is 99.5 cm³/mol. The Kier molecular flexibility index (Phi) is 6.05. The number of rotatable bonds is 5. The summed E-state index contributed by atoms with van der Waals surface area (Å²) in [7, 11) is 0. The Balaban J connectivity index is 1.69. The molecule has 1 aromatic heterocycles. The van der Waals surface area contributed by atoms with Crippen molar-refractivity contribution in [2.75, 3.05) is 19.6 Å². The highest BCUT2D eigenvalue weighted by Gasteiger charge is 2.29. The first-order chi connectivity index (χ1) is 12.9. The molecule has 1 unspecified atom stereocenters. The summed E-state index contributed by atoms with van der Waals surface area (Å²) in [5.41, 5.74) is 0.662. The van der Waals surface area contributed by atoms with E-state index in [4.69, 9.17) is 0 Å². The maximum Gasteiger partial charge on any atom is 0.340 e. The van der Waals surface area contributed by atoms with E-state index in [1.165, 1.54) is 12.1 Å². The quantitative estimate of drug-likeness (QED) is 0.830. The second-order valence-electron chi connectivity index (χ2n) is 7.40. The van der Waals surface area contributed by atoms with Gasteiger partial charge in [0.25, 0.3) is 0 Å². The molecule has 0 spiro atoms. The zero-order chi connectivity index (χ0) is 19.4. The van der Waals surface area contributed by atoms with Crippen LogP contribution in [0.15, 0.2) is 29.1 Å². The van der Waals surface area contributed by atoms with Crippen LogP contribution in [0.5, 0.6) is 0 Å². The monoisotopic (exact) mass is 375 g/mol. The zero-order valence-corrected chi connectivity index (χ0v) is 15.7. The predicted octanol–water partition coefficient (Wildman–Crippen LogP) is 1.54. The molecule has 2 heterocycles. The van der Waals surface area contributed by atoms with Crippen LogP contribution in [0.4, 0.5) is 4.39 Å². The molecule has 1 saturated heterocycles. The van der Waals surface area contributed by atoms with Gasteiger partial charge in [0.2, 0.25) is 5.91 Å². The molecule has 0 radical (unpaired) electrons. The van der Waals surface area contributed by atoms with Crippen LogP contribution in [0.1, 0.15) is 31.7 Å². The van der Waals surface area contributed by atoms with Crippen LogP contribution in [-0.2, 0) is 17.8 Å². The molecule has 0 bridgehead atoms. The fourth-order valence-electron chi connectivity index (χ4n) is 3.59. The molecule has 2 N–H and O–H groups in total. The number of aromatic amines is 2. The van der Waals surface area contributed by atoms with Gasteiger partial charge in [0.15, 0.2) is 0 Å². The number of carbonyl (C=O) groups excluding carboxylic acids is 1. The van der Waals surface area contributed by atoms with E-state index in [0.29, 0.717) is 24.8 Å². The summed E-state index contributed by atoms with van der Waals surface area (Å²) in [5, 5.41) is 6.11. The van der Waals surface area contributed by atoms with Crippen LogP contribution in [-0.4, -0.2) is 56.6 Å². The lowest BCUT2D eigenvalue weighted by atomic mass is 10.0. The smallest absolute Gasteiger partial charge is 0.340 e. The third-order valence-corrected chi connectivity index (χ3v) is 5.04. The summed E-state index contributed by atoms with van der Waals surface area (Å²) in [5.74, 6) is 0.456. The van der Waals surface area contributed by atoms with Crippen molar-refractivity contribution in [1.82, 2.24) is 25.0 Å². The molecule has 0 aliphatic carbocycles. The summed E-state index contributed by atoms with van der Waals surface area (Å²) < 4.78 is 13.2. The van der Waals surface area contributed by atoms with E-state index < -0.39 is 5.69 Å². The molecule has 8 heteroatoms. The van der Waals surface area contributed by atoms with Crippen molar-refractivity contribution in [2.45, 2.75) is 39.3 Å². The minimum atomic E-state index is -0.404. The van der Waals surface area contributed by atoms with Crippen LogP contribution < -0.4 is 5.69 Å². The van der Waals surface area contributed by atoms with E-state index in [-0.39, 0.29) is 24.2 Å². The van der Waals surface area contributed by atoms with Crippen molar-refractivity contribution in [2.24, 2.45) is 5.92 Å². The van der Waals surface area contributed by atoms with Gasteiger partial charge in [-0.1, -0.05) is 26.0 Å². The Morgan fingerprint density at radius 2 is 2.04 bits per heavy atom. The molecule has 2 aromatic rings. The third-order valence-electron chi connectivity index (χ3n) is 5.04. The normalized spacial score (nSPS) is 18.7. The highest BCUT2D eigenvalue weighted by atomic mass is 19.1. The van der Waals surface area contributed by atoms with Crippen molar-refractivity contribution in [3.63, 3.8) is 0 Å². The average Bonchev–Trinajstić information content (AvgIpc) is 2.90. The maximum atomic E-state index is 13.2. The van der Waals surface area contributed by atoms with Gasteiger partial charge in [0.05, 0.1) is 6.42 Å². The van der Waals surface area contributed by atoms with Crippen LogP contribution in [0.2, 0.25) is 0 Å². The van der Waals surface area contributed by atoms with Gasteiger partial charge in [0, 0.05) is 32.2 Å². The number of nitrogens with zero attached hydrogens (tertiary/aromatic N) is 3. The van der Waals surface area contributed by atoms with E-state index in [2.05, 4.69) is 33.9 Å². The Labute approximate surface area is 157 Å². The maximum absolute atomic E-state index is 13.2. The number of hydrogen-bond donors (Lipinski definition) is 2. The summed E-state index contributed by atoms with van der Waals surface area (Å²) in [6.07, 6.45) is 0.953. The lowest BCUT2D eigenvalue weighted by Gasteiger charge is -2.34. The Bertz CT molecular complexity index is 814. The topological polar surface area (TPSA) is 85.1 Å². The van der Waals surface area contributed by atoms with Gasteiger partial charge in [0.1, 0.15) is 11.6 Å². The number of amides is 1. The summed E-state index contributed by atoms with van der Waals surface area (Å²) in [6, 6.07) is 6.80. The Hall–Kier alpha value is -2.48. The van der Waals surface area contributed by atoms with E-state index in [1.54, 1.807) is 0 Å². The highest BCUT2D eigenvalue weighted by molar-refractivity contribution is 5.78. The van der Waals surface area contributed by atoms with Gasteiger partial charge in [-0.3, -0.25) is 14.7 Å². The molecule has 1 amide bonds. The van der Waals surface area contributed by atoms with Crippen molar-refractivity contribution in [1.29, 1.82) is 0 Å². The molecule has 146 valence electrons. The average molecular weight is 375 g/mol. The van der Waals surface area contributed by atoms with Crippen LogP contribution in [0, 0.1) is 11.7 Å². The summed E-state index contributed by atoms with van der Waals surface area (Å²) in [6.45, 7) is 7.23. The summed E-state index contributed by atoms with van der Waals surface area (Å²) >= 11 is 0. The number of halogens is 1. The van der Waals surface area contributed by atoms with E-state index in [1.807, 2.05) is 17.0 Å². The molecular weight excluding hydrogens is 349 g/mol. The standard InChI is InChI=1S/C19H26FN5O2/c1-13(2)16-12-25(18(26)10-17-21-19(27)23-22-17)9-3-8-24(16)11-14-4-6-15(20)7-5-14/h4-7,13,16H,3,8-12H2,1-2H3,(H2,21,22,23,27). The van der Waals surface area contributed by atoms with Crippen LogP contribution in [0.3, 0.4) is 0 Å². The number of nitrogens with one attached hydrogen (secondary N) is 2. The molecule has 7 nitrogen and oxygen atoms in total. The molecule has 1 atom stereocenters. The first-order valence-corrected chi connectivity index (χ1v) is 9.32. The van der Waals surface area contributed by atoms with Gasteiger partial charge in [-0.15, -0.1) is 0 Å². The first-order valence-electron chi connectivity index (χ1n) is 9.32. The largest absolute Gasteiger partial charge is 0.341 e. The number of benzene rings is 1. The number of carbonyl (C=O) groups is 1. The minimum Gasteiger partial charge on any atom is -0.341 e. The van der Waals surface area contributed by atoms with Gasteiger partial charge in [-0.05, 0) is 30.0 Å². The number of H-pyrrole nitrogens is 2. The van der Waals surface area contributed by atoms with E-state index in [9.17, 15) is 14.0 Å². The summed E-state index contributed by atoms with van der Waals surface area (Å²) in [4.78, 5) is 30.6. The van der Waals surface area contributed by atoms with E-state index in [0.717, 1.165) is 25.1 Å². The first kappa shape index (κ1) is 19.3. The number of hydrogen-bond acceptors (Lipinski definition) is 4. The van der Waals surface area contributed by atoms with Gasteiger partial charge >= 0.3 is 5.69 Å².